The fraction of sp³-hybridized carbons (Fsp3) is 0.286. The van der Waals surface area contributed by atoms with E-state index in [0.717, 1.165) is 0 Å². The molecule has 1 aliphatic heterocycles. The van der Waals surface area contributed by atoms with Gasteiger partial charge in [0.1, 0.15) is 16.9 Å². The first-order valence-electron chi connectivity index (χ1n) is 6.46. The molecule has 0 amide bonds. The van der Waals surface area contributed by atoms with Crippen LogP contribution in [-0.4, -0.2) is 39.0 Å². The molecule has 0 fully saturated rings. The molecular weight excluding hydrogens is 310 g/mol. The SMILES string of the molecule is CN(C[C@@H]1COc2ccccc2O1)S(=O)(=O)c1cccs1. The van der Waals surface area contributed by atoms with Gasteiger partial charge in [-0.1, -0.05) is 18.2 Å². The van der Waals surface area contributed by atoms with Crippen LogP contribution >= 0.6 is 11.3 Å². The number of rotatable bonds is 4. The molecule has 0 spiro atoms. The number of nitrogens with zero attached hydrogens (tertiary/aromatic N) is 1. The van der Waals surface area contributed by atoms with E-state index in [-0.39, 0.29) is 12.6 Å². The zero-order chi connectivity index (χ0) is 14.9. The number of sulfonamides is 1. The number of fused-ring (bicyclic) bond motifs is 1. The number of hydrogen-bond donors (Lipinski definition) is 0. The molecule has 7 heteroatoms. The van der Waals surface area contributed by atoms with Crippen molar-refractivity contribution in [2.75, 3.05) is 20.2 Å². The summed E-state index contributed by atoms with van der Waals surface area (Å²) in [4.78, 5) is 0. The molecule has 1 atom stereocenters. The Labute approximate surface area is 127 Å². The van der Waals surface area contributed by atoms with Crippen molar-refractivity contribution in [2.24, 2.45) is 0 Å². The van der Waals surface area contributed by atoms with Crippen LogP contribution in [0.15, 0.2) is 46.0 Å². The average molecular weight is 325 g/mol. The lowest BCUT2D eigenvalue weighted by molar-refractivity contribution is 0.0799. The van der Waals surface area contributed by atoms with Gasteiger partial charge in [0.05, 0.1) is 6.54 Å². The summed E-state index contributed by atoms with van der Waals surface area (Å²) in [7, 11) is -1.90. The van der Waals surface area contributed by atoms with Gasteiger partial charge in [-0.2, -0.15) is 4.31 Å². The lowest BCUT2D eigenvalue weighted by Gasteiger charge is -2.29. The van der Waals surface area contributed by atoms with Crippen molar-refractivity contribution in [2.45, 2.75) is 10.3 Å². The van der Waals surface area contributed by atoms with Crippen molar-refractivity contribution in [1.82, 2.24) is 4.31 Å². The minimum Gasteiger partial charge on any atom is -0.486 e. The zero-order valence-corrected chi connectivity index (χ0v) is 13.1. The molecule has 112 valence electrons. The highest BCUT2D eigenvalue weighted by atomic mass is 32.2. The van der Waals surface area contributed by atoms with Gasteiger partial charge in [-0.15, -0.1) is 11.3 Å². The molecule has 3 rings (SSSR count). The van der Waals surface area contributed by atoms with Gasteiger partial charge in [0, 0.05) is 7.05 Å². The molecule has 2 aromatic rings. The van der Waals surface area contributed by atoms with Crippen LogP contribution in [0.2, 0.25) is 0 Å². The van der Waals surface area contributed by atoms with Crippen LogP contribution in [0, 0.1) is 0 Å². The zero-order valence-electron chi connectivity index (χ0n) is 11.4. The minimum absolute atomic E-state index is 0.245. The molecule has 1 aromatic carbocycles. The first-order valence-corrected chi connectivity index (χ1v) is 8.77. The second-order valence-electron chi connectivity index (χ2n) is 4.72. The molecule has 0 unspecified atom stereocenters. The molecule has 1 aromatic heterocycles. The maximum Gasteiger partial charge on any atom is 0.252 e. The summed E-state index contributed by atoms with van der Waals surface area (Å²) >= 11 is 1.21. The molecule has 2 heterocycles. The molecule has 0 saturated heterocycles. The quantitative estimate of drug-likeness (QED) is 0.865. The highest BCUT2D eigenvalue weighted by Gasteiger charge is 2.28. The highest BCUT2D eigenvalue weighted by molar-refractivity contribution is 7.91. The first kappa shape index (κ1) is 14.4. The number of benzene rings is 1. The van der Waals surface area contributed by atoms with Crippen LogP contribution in [-0.2, 0) is 10.0 Å². The Morgan fingerprint density at radius 2 is 2.00 bits per heavy atom. The molecule has 0 bridgehead atoms. The van der Waals surface area contributed by atoms with Gasteiger partial charge < -0.3 is 9.47 Å². The monoisotopic (exact) mass is 325 g/mol. The van der Waals surface area contributed by atoms with Gasteiger partial charge in [-0.25, -0.2) is 8.42 Å². The summed E-state index contributed by atoms with van der Waals surface area (Å²) in [6.07, 6.45) is -0.320. The van der Waals surface area contributed by atoms with Crippen molar-refractivity contribution in [1.29, 1.82) is 0 Å². The third-order valence-electron chi connectivity index (χ3n) is 3.19. The smallest absolute Gasteiger partial charge is 0.252 e. The van der Waals surface area contributed by atoms with Gasteiger partial charge in [0.15, 0.2) is 11.5 Å². The molecule has 0 radical (unpaired) electrons. The maximum atomic E-state index is 12.4. The summed E-state index contributed by atoms with van der Waals surface area (Å²) in [5.74, 6) is 1.34. The fourth-order valence-corrected chi connectivity index (χ4v) is 4.51. The fourth-order valence-electron chi connectivity index (χ4n) is 2.10. The van der Waals surface area contributed by atoms with E-state index in [1.807, 2.05) is 24.3 Å². The summed E-state index contributed by atoms with van der Waals surface area (Å²) < 4.78 is 37.7. The van der Waals surface area contributed by atoms with Gasteiger partial charge in [-0.3, -0.25) is 0 Å². The van der Waals surface area contributed by atoms with E-state index < -0.39 is 10.0 Å². The predicted octanol–water partition coefficient (Wildman–Crippen LogP) is 2.21. The third-order valence-corrected chi connectivity index (χ3v) is 6.38. The number of thiophene rings is 1. The molecule has 0 N–H and O–H groups in total. The van der Waals surface area contributed by atoms with Gasteiger partial charge in [-0.05, 0) is 23.6 Å². The van der Waals surface area contributed by atoms with E-state index >= 15 is 0 Å². The first-order chi connectivity index (χ1) is 10.1. The van der Waals surface area contributed by atoms with Crippen LogP contribution in [0.1, 0.15) is 0 Å². The second-order valence-corrected chi connectivity index (χ2v) is 7.93. The molecule has 1 aliphatic rings. The van der Waals surface area contributed by atoms with Crippen molar-refractivity contribution in [3.05, 3.63) is 41.8 Å². The van der Waals surface area contributed by atoms with Crippen LogP contribution in [0.3, 0.4) is 0 Å². The summed E-state index contributed by atoms with van der Waals surface area (Å²) in [5, 5.41) is 1.75. The van der Waals surface area contributed by atoms with Crippen molar-refractivity contribution < 1.29 is 17.9 Å². The lowest BCUT2D eigenvalue weighted by Crippen LogP contribution is -2.41. The van der Waals surface area contributed by atoms with E-state index in [9.17, 15) is 8.42 Å². The molecule has 0 aliphatic carbocycles. The summed E-state index contributed by atoms with van der Waals surface area (Å²) in [5.41, 5.74) is 0. The van der Waals surface area contributed by atoms with E-state index in [1.54, 1.807) is 24.6 Å². The normalized spacial score (nSPS) is 17.9. The van der Waals surface area contributed by atoms with Crippen molar-refractivity contribution >= 4 is 21.4 Å². The van der Waals surface area contributed by atoms with E-state index in [1.165, 1.54) is 15.6 Å². The molecule has 21 heavy (non-hydrogen) atoms. The molecular formula is C14H15NO4S2. The average Bonchev–Trinajstić information content (AvgIpc) is 3.02. The van der Waals surface area contributed by atoms with Crippen LogP contribution in [0.5, 0.6) is 11.5 Å². The van der Waals surface area contributed by atoms with E-state index in [4.69, 9.17) is 9.47 Å². The van der Waals surface area contributed by atoms with Crippen molar-refractivity contribution in [3.63, 3.8) is 0 Å². The Bertz CT molecular complexity index is 712. The number of ether oxygens (including phenoxy) is 2. The van der Waals surface area contributed by atoms with Gasteiger partial charge in [0.2, 0.25) is 0 Å². The molecule has 0 saturated carbocycles. The number of para-hydroxylation sites is 2. The van der Waals surface area contributed by atoms with Crippen LogP contribution in [0.25, 0.3) is 0 Å². The number of likely N-dealkylation sites (N-methyl/N-ethyl adjacent to an activating group) is 1. The minimum atomic E-state index is -3.46. The number of hydrogen-bond acceptors (Lipinski definition) is 5. The maximum absolute atomic E-state index is 12.4. The predicted molar refractivity (Wildman–Crippen MR) is 80.5 cm³/mol. The van der Waals surface area contributed by atoms with Crippen molar-refractivity contribution in [3.8, 4) is 11.5 Å². The van der Waals surface area contributed by atoms with Gasteiger partial charge >= 0.3 is 0 Å². The Morgan fingerprint density at radius 1 is 1.24 bits per heavy atom. The van der Waals surface area contributed by atoms with Gasteiger partial charge in [0.25, 0.3) is 10.0 Å². The largest absolute Gasteiger partial charge is 0.486 e. The standard InChI is InChI=1S/C14H15NO4S2/c1-15(21(16,17)14-7-4-8-20-14)9-11-10-18-12-5-2-3-6-13(12)19-11/h2-8,11H,9-10H2,1H3/t11-/m1/s1. The van der Waals surface area contributed by atoms with E-state index in [0.29, 0.717) is 22.3 Å². The topological polar surface area (TPSA) is 55.8 Å². The lowest BCUT2D eigenvalue weighted by atomic mass is 10.2. The Morgan fingerprint density at radius 3 is 2.71 bits per heavy atom. The Kier molecular flexibility index (Phi) is 3.88. The third kappa shape index (κ3) is 2.90. The highest BCUT2D eigenvalue weighted by Crippen LogP contribution is 2.31. The second kappa shape index (κ2) is 5.67. The molecule has 5 nitrogen and oxygen atoms in total. The Balaban J connectivity index is 1.71. The van der Waals surface area contributed by atoms with Crippen LogP contribution in [0.4, 0.5) is 0 Å². The van der Waals surface area contributed by atoms with Crippen LogP contribution < -0.4 is 9.47 Å². The Hall–Kier alpha value is -1.57. The summed E-state index contributed by atoms with van der Waals surface area (Å²) in [6, 6.07) is 10.7. The summed E-state index contributed by atoms with van der Waals surface area (Å²) in [6.45, 7) is 0.579. The van der Waals surface area contributed by atoms with E-state index in [2.05, 4.69) is 0 Å².